The zero-order valence-electron chi connectivity index (χ0n) is 17.4. The zero-order chi connectivity index (χ0) is 19.5. The summed E-state index contributed by atoms with van der Waals surface area (Å²) in [5, 5.41) is 6.73. The summed E-state index contributed by atoms with van der Waals surface area (Å²) in [5.74, 6) is 1.65. The van der Waals surface area contributed by atoms with E-state index in [1.54, 1.807) is 14.2 Å². The fourth-order valence-electron chi connectivity index (χ4n) is 2.92. The van der Waals surface area contributed by atoms with Gasteiger partial charge in [-0.2, -0.15) is 0 Å². The van der Waals surface area contributed by atoms with Crippen LogP contribution in [0.25, 0.3) is 0 Å². The monoisotopic (exact) mass is 496 g/mol. The van der Waals surface area contributed by atoms with Crippen LogP contribution in [0.2, 0.25) is 0 Å². The van der Waals surface area contributed by atoms with Gasteiger partial charge in [-0.25, -0.2) is 0 Å². The summed E-state index contributed by atoms with van der Waals surface area (Å²) >= 11 is 0. The molecular weight excluding hydrogens is 463 g/mol. The molecule has 0 aliphatic rings. The van der Waals surface area contributed by atoms with Crippen molar-refractivity contribution in [2.75, 3.05) is 27.2 Å². The smallest absolute Gasteiger partial charge is 0.191 e. The van der Waals surface area contributed by atoms with Crippen LogP contribution in [0.5, 0.6) is 5.75 Å². The normalized spacial score (nSPS) is 11.1. The Bertz CT molecular complexity index is 732. The van der Waals surface area contributed by atoms with Gasteiger partial charge >= 0.3 is 0 Å². The molecule has 0 saturated carbocycles. The second-order valence-electron chi connectivity index (χ2n) is 6.41. The van der Waals surface area contributed by atoms with Crippen LogP contribution in [0.3, 0.4) is 0 Å². The van der Waals surface area contributed by atoms with Gasteiger partial charge in [-0.15, -0.1) is 24.0 Å². The van der Waals surface area contributed by atoms with Gasteiger partial charge in [0, 0.05) is 26.7 Å². The van der Waals surface area contributed by atoms with Crippen LogP contribution in [0.4, 0.5) is 0 Å². The number of rotatable bonds is 9. The molecule has 0 saturated heterocycles. The number of benzene rings is 2. The highest BCUT2D eigenvalue weighted by Crippen LogP contribution is 2.12. The van der Waals surface area contributed by atoms with Gasteiger partial charge in [0.1, 0.15) is 5.75 Å². The number of hydrogen-bond donors (Lipinski definition) is 2. The van der Waals surface area contributed by atoms with E-state index in [-0.39, 0.29) is 24.0 Å². The molecule has 0 amide bonds. The SMILES string of the molecule is CCN(CC)Cc1cccc(CNC(=NC)NCc2cccc(OC)c2)c1.I. The van der Waals surface area contributed by atoms with Crippen LogP contribution in [0.15, 0.2) is 53.5 Å². The predicted molar refractivity (Wildman–Crippen MR) is 129 cm³/mol. The highest BCUT2D eigenvalue weighted by atomic mass is 127. The van der Waals surface area contributed by atoms with Crippen molar-refractivity contribution in [3.8, 4) is 5.75 Å². The maximum absolute atomic E-state index is 5.27. The Balaban J connectivity index is 0.00000392. The molecular formula is C22H33IN4O. The largest absolute Gasteiger partial charge is 0.497 e. The topological polar surface area (TPSA) is 48.9 Å². The first kappa shape index (κ1) is 24.2. The highest BCUT2D eigenvalue weighted by molar-refractivity contribution is 14.0. The minimum atomic E-state index is 0. The lowest BCUT2D eigenvalue weighted by Crippen LogP contribution is -2.36. The molecule has 0 heterocycles. The Morgan fingerprint density at radius 3 is 2.07 bits per heavy atom. The van der Waals surface area contributed by atoms with Gasteiger partial charge in [0.2, 0.25) is 0 Å². The maximum Gasteiger partial charge on any atom is 0.191 e. The van der Waals surface area contributed by atoms with E-state index in [2.05, 4.69) is 64.7 Å². The Labute approximate surface area is 186 Å². The summed E-state index contributed by atoms with van der Waals surface area (Å²) in [5.41, 5.74) is 3.75. The molecule has 154 valence electrons. The van der Waals surface area contributed by atoms with Crippen molar-refractivity contribution in [3.63, 3.8) is 0 Å². The van der Waals surface area contributed by atoms with Gasteiger partial charge in [-0.05, 0) is 41.9 Å². The van der Waals surface area contributed by atoms with Crippen molar-refractivity contribution in [1.29, 1.82) is 0 Å². The first-order valence-electron chi connectivity index (χ1n) is 9.56. The Hall–Kier alpha value is -1.80. The van der Waals surface area contributed by atoms with Crippen LogP contribution < -0.4 is 15.4 Å². The summed E-state index contributed by atoms with van der Waals surface area (Å²) in [6, 6.07) is 16.8. The number of aliphatic imine (C=N–C) groups is 1. The fraction of sp³-hybridized carbons (Fsp3) is 0.409. The van der Waals surface area contributed by atoms with E-state index in [1.807, 2.05) is 18.2 Å². The number of guanidine groups is 1. The molecule has 0 unspecified atom stereocenters. The molecule has 2 N–H and O–H groups in total. The minimum Gasteiger partial charge on any atom is -0.497 e. The molecule has 0 bridgehead atoms. The van der Waals surface area contributed by atoms with Crippen LogP contribution in [-0.4, -0.2) is 38.1 Å². The number of methoxy groups -OCH3 is 1. The zero-order valence-corrected chi connectivity index (χ0v) is 19.7. The molecule has 0 atom stereocenters. The molecule has 2 aromatic carbocycles. The predicted octanol–water partition coefficient (Wildman–Crippen LogP) is 4.02. The van der Waals surface area contributed by atoms with Gasteiger partial charge in [0.15, 0.2) is 5.96 Å². The van der Waals surface area contributed by atoms with E-state index in [1.165, 1.54) is 11.1 Å². The van der Waals surface area contributed by atoms with Crippen LogP contribution in [-0.2, 0) is 19.6 Å². The average Bonchev–Trinajstić information content (AvgIpc) is 2.72. The summed E-state index contributed by atoms with van der Waals surface area (Å²) in [6.07, 6.45) is 0. The number of hydrogen-bond acceptors (Lipinski definition) is 3. The molecule has 6 heteroatoms. The van der Waals surface area contributed by atoms with E-state index in [9.17, 15) is 0 Å². The summed E-state index contributed by atoms with van der Waals surface area (Å²) in [4.78, 5) is 6.73. The second kappa shape index (κ2) is 13.4. The number of halogens is 1. The standard InChI is InChI=1S/C22H32N4O.HI/c1-5-26(6-2)17-20-11-7-9-18(13-20)15-24-22(23-3)25-16-19-10-8-12-21(14-19)27-4;/h7-14H,5-6,15-17H2,1-4H3,(H2,23,24,25);1H. The van der Waals surface area contributed by atoms with Crippen molar-refractivity contribution in [1.82, 2.24) is 15.5 Å². The third-order valence-electron chi connectivity index (χ3n) is 4.57. The molecule has 28 heavy (non-hydrogen) atoms. The summed E-state index contributed by atoms with van der Waals surface area (Å²) < 4.78 is 5.27. The molecule has 0 spiro atoms. The first-order chi connectivity index (χ1) is 13.2. The molecule has 2 aromatic rings. The third-order valence-corrected chi connectivity index (χ3v) is 4.57. The Morgan fingerprint density at radius 2 is 1.50 bits per heavy atom. The fourth-order valence-corrected chi connectivity index (χ4v) is 2.92. The van der Waals surface area contributed by atoms with E-state index >= 15 is 0 Å². The highest BCUT2D eigenvalue weighted by Gasteiger charge is 2.04. The van der Waals surface area contributed by atoms with E-state index in [0.29, 0.717) is 6.54 Å². The third kappa shape index (κ3) is 8.06. The lowest BCUT2D eigenvalue weighted by molar-refractivity contribution is 0.296. The van der Waals surface area contributed by atoms with Gasteiger partial charge in [-0.1, -0.05) is 50.2 Å². The first-order valence-corrected chi connectivity index (χ1v) is 9.56. The lowest BCUT2D eigenvalue weighted by atomic mass is 10.1. The van der Waals surface area contributed by atoms with Crippen molar-refractivity contribution >= 4 is 29.9 Å². The molecule has 0 aliphatic heterocycles. The lowest BCUT2D eigenvalue weighted by Gasteiger charge is -2.18. The van der Waals surface area contributed by atoms with Crippen molar-refractivity contribution in [2.24, 2.45) is 4.99 Å². The number of ether oxygens (including phenoxy) is 1. The van der Waals surface area contributed by atoms with Crippen molar-refractivity contribution in [2.45, 2.75) is 33.5 Å². The summed E-state index contributed by atoms with van der Waals surface area (Å²) in [6.45, 7) is 8.96. The van der Waals surface area contributed by atoms with E-state index in [0.717, 1.165) is 43.5 Å². The maximum atomic E-state index is 5.27. The van der Waals surface area contributed by atoms with Crippen LogP contribution >= 0.6 is 24.0 Å². The summed E-state index contributed by atoms with van der Waals surface area (Å²) in [7, 11) is 3.47. The molecule has 0 radical (unpaired) electrons. The number of nitrogens with zero attached hydrogens (tertiary/aromatic N) is 2. The second-order valence-corrected chi connectivity index (χ2v) is 6.41. The molecule has 0 aliphatic carbocycles. The Morgan fingerprint density at radius 1 is 0.929 bits per heavy atom. The van der Waals surface area contributed by atoms with E-state index in [4.69, 9.17) is 4.74 Å². The van der Waals surface area contributed by atoms with Gasteiger partial charge in [0.05, 0.1) is 7.11 Å². The molecule has 2 rings (SSSR count). The van der Waals surface area contributed by atoms with Crippen LogP contribution in [0, 0.1) is 0 Å². The number of nitrogens with one attached hydrogen (secondary N) is 2. The molecule has 0 aromatic heterocycles. The van der Waals surface area contributed by atoms with Crippen molar-refractivity contribution < 1.29 is 4.74 Å². The molecule has 5 nitrogen and oxygen atoms in total. The van der Waals surface area contributed by atoms with E-state index < -0.39 is 0 Å². The quantitative estimate of drug-likeness (QED) is 0.313. The van der Waals surface area contributed by atoms with Gasteiger partial charge in [-0.3, -0.25) is 9.89 Å². The Kier molecular flexibility index (Phi) is 11.6. The van der Waals surface area contributed by atoms with Gasteiger partial charge < -0.3 is 15.4 Å². The minimum absolute atomic E-state index is 0. The average molecular weight is 496 g/mol. The van der Waals surface area contributed by atoms with Crippen molar-refractivity contribution in [3.05, 3.63) is 65.2 Å². The van der Waals surface area contributed by atoms with Gasteiger partial charge in [0.25, 0.3) is 0 Å². The molecule has 0 fully saturated rings. The van der Waals surface area contributed by atoms with Crippen LogP contribution in [0.1, 0.15) is 30.5 Å².